The molecule has 3 N–H and O–H groups in total. The molecule has 1 atom stereocenters. The van der Waals surface area contributed by atoms with E-state index in [-0.39, 0.29) is 24.3 Å². The average molecular weight is 333 g/mol. The van der Waals surface area contributed by atoms with Gasteiger partial charge in [0.15, 0.2) is 12.6 Å². The highest BCUT2D eigenvalue weighted by Crippen LogP contribution is 2.24. The fourth-order valence-corrected chi connectivity index (χ4v) is 1.85. The van der Waals surface area contributed by atoms with Crippen molar-refractivity contribution in [2.75, 3.05) is 20.3 Å². The molecule has 0 bridgehead atoms. The molecule has 0 saturated heterocycles. The van der Waals surface area contributed by atoms with Gasteiger partial charge in [0.25, 0.3) is 0 Å². The molecule has 0 aliphatic heterocycles. The zero-order valence-electron chi connectivity index (χ0n) is 13.4. The first kappa shape index (κ1) is 19.1. The predicted molar refractivity (Wildman–Crippen MR) is 82.5 cm³/mol. The molecule has 5 nitrogen and oxygen atoms in total. The average Bonchev–Trinajstić information content (AvgIpc) is 2.43. The summed E-state index contributed by atoms with van der Waals surface area (Å²) in [5, 5.41) is 2.92. The van der Waals surface area contributed by atoms with E-state index in [1.165, 1.54) is 0 Å². The molecule has 1 aromatic carbocycles. The van der Waals surface area contributed by atoms with E-state index >= 15 is 0 Å². The third-order valence-electron chi connectivity index (χ3n) is 2.84. The monoisotopic (exact) mass is 333 g/mol. The Morgan fingerprint density at radius 2 is 2.09 bits per heavy atom. The highest BCUT2D eigenvalue weighted by molar-refractivity contribution is 5.78. The molecular formula is C15H22F3N3O2. The van der Waals surface area contributed by atoms with Crippen LogP contribution < -0.4 is 15.8 Å². The molecule has 0 aliphatic carbocycles. The standard InChI is InChI=1S/C15H22F3N3O2/c1-10-4-5-12(13(6-10)23-9-15(16,17)18)7-20-14(19)21-11(2)8-22-3/h4-6,11H,7-9H2,1-3H3,(H3,19,20,21). The third-order valence-corrected chi connectivity index (χ3v) is 2.84. The summed E-state index contributed by atoms with van der Waals surface area (Å²) in [5.74, 6) is 0.348. The number of hydrogen-bond acceptors (Lipinski definition) is 3. The second kappa shape index (κ2) is 8.61. The highest BCUT2D eigenvalue weighted by Gasteiger charge is 2.28. The lowest BCUT2D eigenvalue weighted by atomic mass is 10.1. The molecule has 1 aromatic rings. The number of ether oxygens (including phenoxy) is 2. The van der Waals surface area contributed by atoms with Gasteiger partial charge in [0.1, 0.15) is 5.75 Å². The molecule has 0 saturated carbocycles. The van der Waals surface area contributed by atoms with Crippen LogP contribution in [-0.2, 0) is 11.3 Å². The molecule has 0 aromatic heterocycles. The molecule has 0 heterocycles. The number of guanidine groups is 1. The fraction of sp³-hybridized carbons (Fsp3) is 0.533. The molecule has 0 fully saturated rings. The summed E-state index contributed by atoms with van der Waals surface area (Å²) in [4.78, 5) is 4.12. The van der Waals surface area contributed by atoms with Crippen LogP contribution in [0.15, 0.2) is 23.2 Å². The van der Waals surface area contributed by atoms with Crippen molar-refractivity contribution in [1.82, 2.24) is 5.32 Å². The first-order chi connectivity index (χ1) is 10.7. The zero-order valence-corrected chi connectivity index (χ0v) is 13.4. The number of halogens is 3. The molecule has 8 heteroatoms. The summed E-state index contributed by atoms with van der Waals surface area (Å²) in [7, 11) is 1.57. The zero-order chi connectivity index (χ0) is 17.5. The third kappa shape index (κ3) is 7.73. The van der Waals surface area contributed by atoms with E-state index < -0.39 is 12.8 Å². The Hall–Kier alpha value is -1.96. The number of nitrogens with two attached hydrogens (primary N) is 1. The van der Waals surface area contributed by atoms with E-state index in [1.54, 1.807) is 32.2 Å². The lowest BCUT2D eigenvalue weighted by molar-refractivity contribution is -0.153. The van der Waals surface area contributed by atoms with E-state index in [0.29, 0.717) is 12.2 Å². The van der Waals surface area contributed by atoms with Gasteiger partial charge in [-0.1, -0.05) is 12.1 Å². The maximum atomic E-state index is 12.3. The van der Waals surface area contributed by atoms with E-state index in [9.17, 15) is 13.2 Å². The van der Waals surface area contributed by atoms with Crippen LogP contribution >= 0.6 is 0 Å². The van der Waals surface area contributed by atoms with Crippen LogP contribution in [0.1, 0.15) is 18.1 Å². The van der Waals surface area contributed by atoms with Gasteiger partial charge in [0.05, 0.1) is 13.2 Å². The number of rotatable bonds is 7. The second-order valence-electron chi connectivity index (χ2n) is 5.22. The van der Waals surface area contributed by atoms with Gasteiger partial charge in [-0.2, -0.15) is 13.2 Å². The maximum Gasteiger partial charge on any atom is 0.422 e. The Morgan fingerprint density at radius 3 is 2.70 bits per heavy atom. The summed E-state index contributed by atoms with van der Waals surface area (Å²) in [6.45, 7) is 2.88. The smallest absolute Gasteiger partial charge is 0.422 e. The lowest BCUT2D eigenvalue weighted by Crippen LogP contribution is -2.40. The van der Waals surface area contributed by atoms with Crippen molar-refractivity contribution in [2.45, 2.75) is 32.6 Å². The van der Waals surface area contributed by atoms with E-state index in [2.05, 4.69) is 10.3 Å². The second-order valence-corrected chi connectivity index (χ2v) is 5.22. The molecule has 0 spiro atoms. The first-order valence-corrected chi connectivity index (χ1v) is 7.05. The number of benzene rings is 1. The van der Waals surface area contributed by atoms with Gasteiger partial charge in [-0.3, -0.25) is 0 Å². The van der Waals surface area contributed by atoms with Gasteiger partial charge in [0.2, 0.25) is 0 Å². The number of nitrogens with zero attached hydrogens (tertiary/aromatic N) is 1. The topological polar surface area (TPSA) is 68.9 Å². The molecule has 1 rings (SSSR count). The van der Waals surface area contributed by atoms with Crippen LogP contribution in [0.25, 0.3) is 0 Å². The minimum atomic E-state index is -4.39. The normalized spacial score (nSPS) is 13.7. The minimum absolute atomic E-state index is 0.0253. The molecular weight excluding hydrogens is 311 g/mol. The number of aryl methyl sites for hydroxylation is 1. The molecule has 23 heavy (non-hydrogen) atoms. The predicted octanol–water partition coefficient (Wildman–Crippen LogP) is 2.38. The molecule has 1 unspecified atom stereocenters. The largest absolute Gasteiger partial charge is 0.484 e. The Labute approximate surface area is 133 Å². The van der Waals surface area contributed by atoms with Crippen LogP contribution in [0.5, 0.6) is 5.75 Å². The Morgan fingerprint density at radius 1 is 1.39 bits per heavy atom. The molecule has 130 valence electrons. The van der Waals surface area contributed by atoms with Crippen molar-refractivity contribution >= 4 is 5.96 Å². The molecule has 0 radical (unpaired) electrons. The van der Waals surface area contributed by atoms with Gasteiger partial charge >= 0.3 is 6.18 Å². The van der Waals surface area contributed by atoms with Crippen molar-refractivity contribution in [3.63, 3.8) is 0 Å². The van der Waals surface area contributed by atoms with Gasteiger partial charge in [-0.15, -0.1) is 0 Å². The first-order valence-electron chi connectivity index (χ1n) is 7.05. The van der Waals surface area contributed by atoms with Crippen molar-refractivity contribution in [2.24, 2.45) is 10.7 Å². The number of nitrogens with one attached hydrogen (secondary N) is 1. The van der Waals surface area contributed by atoms with Gasteiger partial charge in [0, 0.05) is 18.7 Å². The van der Waals surface area contributed by atoms with Crippen molar-refractivity contribution in [3.05, 3.63) is 29.3 Å². The van der Waals surface area contributed by atoms with Crippen molar-refractivity contribution < 1.29 is 22.6 Å². The lowest BCUT2D eigenvalue weighted by Gasteiger charge is -2.15. The summed E-state index contributed by atoms with van der Waals surface area (Å²) in [6, 6.07) is 4.98. The van der Waals surface area contributed by atoms with Crippen LogP contribution in [0.4, 0.5) is 13.2 Å². The minimum Gasteiger partial charge on any atom is -0.484 e. The maximum absolute atomic E-state index is 12.3. The quantitative estimate of drug-likeness (QED) is 0.594. The van der Waals surface area contributed by atoms with Gasteiger partial charge < -0.3 is 20.5 Å². The fourth-order valence-electron chi connectivity index (χ4n) is 1.85. The Bertz CT molecular complexity index is 533. The number of alkyl halides is 3. The molecule has 0 amide bonds. The summed E-state index contributed by atoms with van der Waals surface area (Å²) < 4.78 is 46.8. The van der Waals surface area contributed by atoms with Crippen LogP contribution in [-0.4, -0.2) is 38.5 Å². The summed E-state index contributed by atoms with van der Waals surface area (Å²) >= 11 is 0. The van der Waals surface area contributed by atoms with Crippen LogP contribution in [0, 0.1) is 6.92 Å². The van der Waals surface area contributed by atoms with E-state index in [0.717, 1.165) is 5.56 Å². The number of aliphatic imine (C=N–C) groups is 1. The van der Waals surface area contributed by atoms with Crippen molar-refractivity contribution in [3.8, 4) is 5.75 Å². The Kier molecular flexibility index (Phi) is 7.15. The number of hydrogen-bond donors (Lipinski definition) is 2. The van der Waals surface area contributed by atoms with Crippen molar-refractivity contribution in [1.29, 1.82) is 0 Å². The van der Waals surface area contributed by atoms with Gasteiger partial charge in [-0.05, 0) is 25.5 Å². The SMILES string of the molecule is COCC(C)NC(N)=NCc1ccc(C)cc1OCC(F)(F)F. The van der Waals surface area contributed by atoms with Crippen LogP contribution in [0.3, 0.4) is 0 Å². The number of methoxy groups -OCH3 is 1. The summed E-state index contributed by atoms with van der Waals surface area (Å²) in [5.41, 5.74) is 7.07. The highest BCUT2D eigenvalue weighted by atomic mass is 19.4. The van der Waals surface area contributed by atoms with Crippen LogP contribution in [0.2, 0.25) is 0 Å². The van der Waals surface area contributed by atoms with E-state index in [1.807, 2.05) is 6.92 Å². The van der Waals surface area contributed by atoms with Gasteiger partial charge in [-0.25, -0.2) is 4.99 Å². The van der Waals surface area contributed by atoms with E-state index in [4.69, 9.17) is 15.2 Å². The Balaban J connectivity index is 2.75. The summed E-state index contributed by atoms with van der Waals surface area (Å²) in [6.07, 6.45) is -4.39. The molecule has 0 aliphatic rings.